The summed E-state index contributed by atoms with van der Waals surface area (Å²) in [5.74, 6) is 0. The highest BCUT2D eigenvalue weighted by atomic mass is 14.9. The van der Waals surface area contributed by atoms with Gasteiger partial charge in [-0.3, -0.25) is 0 Å². The van der Waals surface area contributed by atoms with Crippen LogP contribution in [0, 0.1) is 13.8 Å². The summed E-state index contributed by atoms with van der Waals surface area (Å²) < 4.78 is 0. The van der Waals surface area contributed by atoms with Crippen molar-refractivity contribution in [3.8, 4) is 0 Å². The van der Waals surface area contributed by atoms with Gasteiger partial charge in [-0.1, -0.05) is 29.8 Å². The molecule has 0 aliphatic heterocycles. The summed E-state index contributed by atoms with van der Waals surface area (Å²) in [5, 5.41) is 4.76. The molecule has 2 heteroatoms. The monoisotopic (exact) mass is 250 g/mol. The van der Waals surface area contributed by atoms with Crippen molar-refractivity contribution in [2.24, 2.45) is 0 Å². The van der Waals surface area contributed by atoms with Crippen molar-refractivity contribution in [1.82, 2.24) is 4.98 Å². The Kier molecular flexibility index (Phi) is 3.00. The second kappa shape index (κ2) is 4.81. The topological polar surface area (TPSA) is 27.8 Å². The Morgan fingerprint density at radius 1 is 0.947 bits per heavy atom. The maximum Gasteiger partial charge on any atom is 0.0460 e. The number of aromatic nitrogens is 1. The van der Waals surface area contributed by atoms with Crippen LogP contribution in [0.25, 0.3) is 10.9 Å². The summed E-state index contributed by atoms with van der Waals surface area (Å²) in [4.78, 5) is 3.33. The van der Waals surface area contributed by atoms with Gasteiger partial charge in [0, 0.05) is 29.3 Å². The fourth-order valence-electron chi connectivity index (χ4n) is 2.32. The standard InChI is InChI=1S/C17H18N2/c1-12-3-6-15(7-4-12)18-10-14-11-19-17-9-13(2)5-8-16(14)17/h3-9,11,18-19H,10H2,1-2H3. The van der Waals surface area contributed by atoms with Crippen LogP contribution >= 0.6 is 0 Å². The summed E-state index contributed by atoms with van der Waals surface area (Å²) >= 11 is 0. The lowest BCUT2D eigenvalue weighted by Crippen LogP contribution is -1.98. The third-order valence-electron chi connectivity index (χ3n) is 3.46. The molecule has 0 saturated heterocycles. The zero-order valence-corrected chi connectivity index (χ0v) is 11.3. The molecule has 0 unspecified atom stereocenters. The molecule has 2 N–H and O–H groups in total. The van der Waals surface area contributed by atoms with Crippen LogP contribution in [0.4, 0.5) is 5.69 Å². The number of hydrogen-bond donors (Lipinski definition) is 2. The van der Waals surface area contributed by atoms with Crippen molar-refractivity contribution in [2.75, 3.05) is 5.32 Å². The van der Waals surface area contributed by atoms with Gasteiger partial charge < -0.3 is 10.3 Å². The molecule has 0 aliphatic rings. The SMILES string of the molecule is Cc1ccc(NCc2c[nH]c3cc(C)ccc23)cc1. The fourth-order valence-corrected chi connectivity index (χ4v) is 2.32. The second-order valence-corrected chi connectivity index (χ2v) is 5.08. The molecular weight excluding hydrogens is 232 g/mol. The van der Waals surface area contributed by atoms with Gasteiger partial charge in [0.2, 0.25) is 0 Å². The Balaban J connectivity index is 1.80. The van der Waals surface area contributed by atoms with Crippen molar-refractivity contribution >= 4 is 16.6 Å². The molecule has 0 fully saturated rings. The van der Waals surface area contributed by atoms with Gasteiger partial charge in [0.15, 0.2) is 0 Å². The number of benzene rings is 2. The van der Waals surface area contributed by atoms with E-state index in [1.165, 1.54) is 27.6 Å². The number of hydrogen-bond acceptors (Lipinski definition) is 1. The molecule has 1 heterocycles. The van der Waals surface area contributed by atoms with Crippen molar-refractivity contribution in [1.29, 1.82) is 0 Å². The Labute approximate surface area is 113 Å². The molecule has 0 spiro atoms. The number of fused-ring (bicyclic) bond motifs is 1. The highest BCUT2D eigenvalue weighted by Gasteiger charge is 2.03. The Hall–Kier alpha value is -2.22. The van der Waals surface area contributed by atoms with Crippen molar-refractivity contribution < 1.29 is 0 Å². The maximum atomic E-state index is 3.46. The summed E-state index contributed by atoms with van der Waals surface area (Å²) in [5.41, 5.74) is 6.24. The van der Waals surface area contributed by atoms with E-state index in [1.807, 2.05) is 0 Å². The summed E-state index contributed by atoms with van der Waals surface area (Å²) in [6.45, 7) is 5.06. The van der Waals surface area contributed by atoms with Gasteiger partial charge in [0.25, 0.3) is 0 Å². The average Bonchev–Trinajstić information content (AvgIpc) is 2.80. The van der Waals surface area contributed by atoms with Gasteiger partial charge in [-0.15, -0.1) is 0 Å². The van der Waals surface area contributed by atoms with E-state index in [1.54, 1.807) is 0 Å². The number of rotatable bonds is 3. The summed E-state index contributed by atoms with van der Waals surface area (Å²) in [7, 11) is 0. The molecule has 2 nitrogen and oxygen atoms in total. The Morgan fingerprint density at radius 2 is 1.68 bits per heavy atom. The van der Waals surface area contributed by atoms with E-state index in [4.69, 9.17) is 0 Å². The first-order valence-electron chi connectivity index (χ1n) is 6.59. The third kappa shape index (κ3) is 2.48. The van der Waals surface area contributed by atoms with Gasteiger partial charge in [-0.05, 0) is 43.2 Å². The second-order valence-electron chi connectivity index (χ2n) is 5.08. The minimum absolute atomic E-state index is 0.839. The lowest BCUT2D eigenvalue weighted by molar-refractivity contribution is 1.16. The first-order valence-corrected chi connectivity index (χ1v) is 6.59. The Morgan fingerprint density at radius 3 is 2.47 bits per heavy atom. The first-order chi connectivity index (χ1) is 9.22. The van der Waals surface area contributed by atoms with Gasteiger partial charge in [-0.25, -0.2) is 0 Å². The molecule has 2 aromatic carbocycles. The lowest BCUT2D eigenvalue weighted by atomic mass is 10.1. The molecule has 0 radical (unpaired) electrons. The molecular formula is C17H18N2. The quantitative estimate of drug-likeness (QED) is 0.708. The third-order valence-corrected chi connectivity index (χ3v) is 3.46. The highest BCUT2D eigenvalue weighted by molar-refractivity contribution is 5.84. The highest BCUT2D eigenvalue weighted by Crippen LogP contribution is 2.20. The van der Waals surface area contributed by atoms with Crippen molar-refractivity contribution in [3.63, 3.8) is 0 Å². The van der Waals surface area contributed by atoms with Crippen LogP contribution in [-0.4, -0.2) is 4.98 Å². The largest absolute Gasteiger partial charge is 0.381 e. The summed E-state index contributed by atoms with van der Waals surface area (Å²) in [6.07, 6.45) is 2.09. The van der Waals surface area contributed by atoms with E-state index in [2.05, 4.69) is 72.8 Å². The molecule has 0 bridgehead atoms. The molecule has 3 rings (SSSR count). The number of anilines is 1. The van der Waals surface area contributed by atoms with Gasteiger partial charge >= 0.3 is 0 Å². The molecule has 0 amide bonds. The number of H-pyrrole nitrogens is 1. The molecule has 0 aliphatic carbocycles. The number of aryl methyl sites for hydroxylation is 2. The smallest absolute Gasteiger partial charge is 0.0460 e. The predicted octanol–water partition coefficient (Wildman–Crippen LogP) is 4.40. The van der Waals surface area contributed by atoms with E-state index in [0.717, 1.165) is 12.2 Å². The van der Waals surface area contributed by atoms with E-state index >= 15 is 0 Å². The van der Waals surface area contributed by atoms with Crippen LogP contribution in [0.5, 0.6) is 0 Å². The van der Waals surface area contributed by atoms with Crippen LogP contribution in [0.1, 0.15) is 16.7 Å². The van der Waals surface area contributed by atoms with Crippen molar-refractivity contribution in [2.45, 2.75) is 20.4 Å². The van der Waals surface area contributed by atoms with Crippen LogP contribution in [0.2, 0.25) is 0 Å². The Bertz CT molecular complexity index is 693. The van der Waals surface area contributed by atoms with E-state index in [-0.39, 0.29) is 0 Å². The van der Waals surface area contributed by atoms with Gasteiger partial charge in [0.1, 0.15) is 0 Å². The van der Waals surface area contributed by atoms with Crippen LogP contribution in [0.15, 0.2) is 48.7 Å². The number of aromatic amines is 1. The molecule has 3 aromatic rings. The van der Waals surface area contributed by atoms with Crippen LogP contribution in [-0.2, 0) is 6.54 Å². The van der Waals surface area contributed by atoms with Crippen LogP contribution < -0.4 is 5.32 Å². The van der Waals surface area contributed by atoms with E-state index in [9.17, 15) is 0 Å². The zero-order chi connectivity index (χ0) is 13.2. The molecule has 19 heavy (non-hydrogen) atoms. The molecule has 0 saturated carbocycles. The minimum atomic E-state index is 0.839. The fraction of sp³-hybridized carbons (Fsp3) is 0.176. The normalized spacial score (nSPS) is 10.8. The van der Waals surface area contributed by atoms with E-state index < -0.39 is 0 Å². The molecule has 0 atom stereocenters. The van der Waals surface area contributed by atoms with Crippen LogP contribution in [0.3, 0.4) is 0 Å². The predicted molar refractivity (Wildman–Crippen MR) is 81.5 cm³/mol. The van der Waals surface area contributed by atoms with E-state index in [0.29, 0.717) is 0 Å². The lowest BCUT2D eigenvalue weighted by Gasteiger charge is -2.06. The van der Waals surface area contributed by atoms with Gasteiger partial charge in [0.05, 0.1) is 0 Å². The average molecular weight is 250 g/mol. The first kappa shape index (κ1) is 11.8. The maximum absolute atomic E-state index is 3.46. The minimum Gasteiger partial charge on any atom is -0.381 e. The zero-order valence-electron chi connectivity index (χ0n) is 11.3. The molecule has 96 valence electrons. The molecule has 1 aromatic heterocycles. The number of nitrogens with one attached hydrogen (secondary N) is 2. The van der Waals surface area contributed by atoms with Gasteiger partial charge in [-0.2, -0.15) is 0 Å². The van der Waals surface area contributed by atoms with Crippen molar-refractivity contribution in [3.05, 3.63) is 65.4 Å². The summed E-state index contributed by atoms with van der Waals surface area (Å²) in [6, 6.07) is 15.0.